The van der Waals surface area contributed by atoms with Crippen LogP contribution in [0.4, 0.5) is 14.5 Å². The van der Waals surface area contributed by atoms with Gasteiger partial charge in [-0.15, -0.1) is 12.1 Å². The zero-order chi connectivity index (χ0) is 12.4. The predicted octanol–water partition coefficient (Wildman–Crippen LogP) is 2.89. The van der Waals surface area contributed by atoms with Crippen LogP contribution in [-0.4, -0.2) is 19.1 Å². The van der Waals surface area contributed by atoms with Gasteiger partial charge in [0.25, 0.3) is 0 Å². The maximum atomic E-state index is 13.5. The van der Waals surface area contributed by atoms with Crippen LogP contribution < -0.4 is 4.90 Å². The maximum absolute atomic E-state index is 13.5. The first-order valence-electron chi connectivity index (χ1n) is 5.08. The molecule has 0 N–H and O–H groups in total. The Morgan fingerprint density at radius 1 is 1.22 bits per heavy atom. The van der Waals surface area contributed by atoms with E-state index in [-0.39, 0.29) is 25.7 Å². The van der Waals surface area contributed by atoms with Gasteiger partial charge in [-0.05, 0) is 11.8 Å². The summed E-state index contributed by atoms with van der Waals surface area (Å²) in [4.78, 5) is 5.94. The van der Waals surface area contributed by atoms with E-state index in [1.165, 1.54) is 0 Å². The summed E-state index contributed by atoms with van der Waals surface area (Å²) in [7, 11) is 3.76. The molecule has 0 aliphatic rings. The van der Waals surface area contributed by atoms with Gasteiger partial charge in [-0.3, -0.25) is 8.78 Å². The molecule has 2 aromatic rings. The number of nitrogens with zero attached hydrogens (tertiary/aromatic N) is 2. The van der Waals surface area contributed by atoms with Crippen molar-refractivity contribution >= 4 is 5.69 Å². The van der Waals surface area contributed by atoms with Crippen molar-refractivity contribution < 1.29 is 28.9 Å². The molecule has 1 aromatic carbocycles. The molecule has 0 spiro atoms. The van der Waals surface area contributed by atoms with Crippen molar-refractivity contribution in [3.8, 4) is 11.3 Å². The van der Waals surface area contributed by atoms with E-state index in [0.29, 0.717) is 5.69 Å². The summed E-state index contributed by atoms with van der Waals surface area (Å²) in [6.07, 6.45) is 1.58. The van der Waals surface area contributed by atoms with Gasteiger partial charge in [-0.1, -0.05) is 17.7 Å². The van der Waals surface area contributed by atoms with E-state index in [4.69, 9.17) is 0 Å². The van der Waals surface area contributed by atoms with Crippen molar-refractivity contribution in [2.75, 3.05) is 19.0 Å². The van der Waals surface area contributed by atoms with Gasteiger partial charge < -0.3 is 9.88 Å². The average Bonchev–Trinajstić information content (AvgIpc) is 2.29. The van der Waals surface area contributed by atoms with E-state index < -0.39 is 11.6 Å². The number of pyridine rings is 1. The molecular formula is C13H11F2IrN2-. The predicted molar refractivity (Wildman–Crippen MR) is 62.8 cm³/mol. The fraction of sp³-hybridized carbons (Fsp3) is 0.154. The average molecular weight is 425 g/mol. The molecule has 2 rings (SSSR count). The number of benzene rings is 1. The van der Waals surface area contributed by atoms with Crippen LogP contribution in [0.5, 0.6) is 0 Å². The monoisotopic (exact) mass is 426 g/mol. The quantitative estimate of drug-likeness (QED) is 0.688. The molecule has 0 aliphatic carbocycles. The fourth-order valence-corrected chi connectivity index (χ4v) is 1.48. The summed E-state index contributed by atoms with van der Waals surface area (Å²) in [6.45, 7) is 0. The van der Waals surface area contributed by atoms with E-state index in [2.05, 4.69) is 11.1 Å². The Morgan fingerprint density at radius 2 is 1.94 bits per heavy atom. The minimum atomic E-state index is -0.659. The zero-order valence-corrected chi connectivity index (χ0v) is 12.3. The van der Waals surface area contributed by atoms with E-state index in [0.717, 1.165) is 17.8 Å². The minimum Gasteiger partial charge on any atom is -0.378 e. The zero-order valence-electron chi connectivity index (χ0n) is 9.87. The van der Waals surface area contributed by atoms with Gasteiger partial charge >= 0.3 is 0 Å². The van der Waals surface area contributed by atoms with Crippen molar-refractivity contribution in [2.45, 2.75) is 0 Å². The first-order chi connectivity index (χ1) is 8.08. The molecule has 0 saturated heterocycles. The van der Waals surface area contributed by atoms with Crippen LogP contribution in [0, 0.1) is 17.7 Å². The van der Waals surface area contributed by atoms with Gasteiger partial charge in [0, 0.05) is 57.7 Å². The van der Waals surface area contributed by atoms with Gasteiger partial charge in [0.05, 0.1) is 0 Å². The van der Waals surface area contributed by atoms with Crippen LogP contribution in [0.1, 0.15) is 0 Å². The van der Waals surface area contributed by atoms with Crippen molar-refractivity contribution in [1.29, 1.82) is 0 Å². The maximum Gasteiger partial charge on any atom is 0.0408 e. The number of anilines is 1. The smallest absolute Gasteiger partial charge is 0.0408 e. The van der Waals surface area contributed by atoms with E-state index in [1.54, 1.807) is 12.3 Å². The number of rotatable bonds is 2. The van der Waals surface area contributed by atoms with Crippen LogP contribution in [0.15, 0.2) is 30.5 Å². The summed E-state index contributed by atoms with van der Waals surface area (Å²) < 4.78 is 26.3. The molecule has 0 unspecified atom stereocenters. The summed E-state index contributed by atoms with van der Waals surface area (Å²) in [5, 5.41) is 0. The van der Waals surface area contributed by atoms with Crippen molar-refractivity contribution in [2.24, 2.45) is 0 Å². The second-order valence-corrected chi connectivity index (χ2v) is 3.83. The Bertz CT molecular complexity index is 544. The first-order valence-corrected chi connectivity index (χ1v) is 5.08. The van der Waals surface area contributed by atoms with E-state index in [1.807, 2.05) is 25.1 Å². The van der Waals surface area contributed by atoms with Gasteiger partial charge in [-0.25, -0.2) is 0 Å². The van der Waals surface area contributed by atoms with Crippen LogP contribution in [0.2, 0.25) is 0 Å². The topological polar surface area (TPSA) is 16.1 Å². The Balaban J connectivity index is 0.00000162. The largest absolute Gasteiger partial charge is 0.378 e. The summed E-state index contributed by atoms with van der Waals surface area (Å²) >= 11 is 0. The van der Waals surface area contributed by atoms with Crippen molar-refractivity contribution in [3.05, 3.63) is 48.2 Å². The van der Waals surface area contributed by atoms with Crippen LogP contribution in [0.3, 0.4) is 0 Å². The number of halogens is 2. The second-order valence-electron chi connectivity index (χ2n) is 3.83. The van der Waals surface area contributed by atoms with Crippen molar-refractivity contribution in [3.63, 3.8) is 0 Å². The van der Waals surface area contributed by atoms with E-state index in [9.17, 15) is 8.78 Å². The normalized spacial score (nSPS) is 9.78. The standard InChI is InChI=1S/C13H11F2N2.Ir/c1-17(2)10-5-6-16-13(8-10)11-4-3-9(14)7-12(11)15;/h3,5-8H,1-2H3;/q-1;. The fourth-order valence-electron chi connectivity index (χ4n) is 1.48. The number of hydrogen-bond acceptors (Lipinski definition) is 2. The molecule has 0 aliphatic heterocycles. The Morgan fingerprint density at radius 3 is 2.56 bits per heavy atom. The molecule has 0 bridgehead atoms. The Labute approximate surface area is 118 Å². The molecule has 0 fully saturated rings. The first kappa shape index (κ1) is 14.7. The Kier molecular flexibility index (Phi) is 4.93. The van der Waals surface area contributed by atoms with Crippen LogP contribution >= 0.6 is 0 Å². The third-order valence-electron chi connectivity index (χ3n) is 2.37. The molecule has 0 saturated carbocycles. The van der Waals surface area contributed by atoms with Crippen LogP contribution in [0.25, 0.3) is 11.3 Å². The molecule has 1 radical (unpaired) electrons. The molecular weight excluding hydrogens is 414 g/mol. The summed E-state index contributed by atoms with van der Waals surface area (Å²) in [6, 6.07) is 8.02. The molecule has 1 aromatic heterocycles. The molecule has 2 nitrogen and oxygen atoms in total. The SMILES string of the molecule is CN(C)c1ccnc(-c2[c-]cc(F)cc2F)c1.[Ir]. The molecule has 5 heteroatoms. The van der Waals surface area contributed by atoms with Gasteiger partial charge in [0.2, 0.25) is 0 Å². The number of hydrogen-bond donors (Lipinski definition) is 0. The molecule has 18 heavy (non-hydrogen) atoms. The van der Waals surface area contributed by atoms with Gasteiger partial charge in [-0.2, -0.15) is 0 Å². The van der Waals surface area contributed by atoms with E-state index >= 15 is 0 Å². The second kappa shape index (κ2) is 6.03. The summed E-state index contributed by atoms with van der Waals surface area (Å²) in [5.74, 6) is -1.30. The Hall–Kier alpha value is -1.32. The third kappa shape index (κ3) is 3.12. The summed E-state index contributed by atoms with van der Waals surface area (Å²) in [5.41, 5.74) is 1.51. The van der Waals surface area contributed by atoms with Gasteiger partial charge in [0.15, 0.2) is 0 Å². The van der Waals surface area contributed by atoms with Crippen LogP contribution in [-0.2, 0) is 20.1 Å². The number of aromatic nitrogens is 1. The minimum absolute atomic E-state index is 0. The molecule has 0 atom stereocenters. The molecule has 1 heterocycles. The molecule has 0 amide bonds. The molecule has 97 valence electrons. The van der Waals surface area contributed by atoms with Crippen molar-refractivity contribution in [1.82, 2.24) is 4.98 Å². The van der Waals surface area contributed by atoms with Gasteiger partial charge in [0.1, 0.15) is 0 Å². The third-order valence-corrected chi connectivity index (χ3v) is 2.37.